The maximum atomic E-state index is 13.3. The van der Waals surface area contributed by atoms with Gasteiger partial charge in [0.25, 0.3) is 0 Å². The molecule has 4 nitrogen and oxygen atoms in total. The van der Waals surface area contributed by atoms with Crippen molar-refractivity contribution in [1.29, 1.82) is 0 Å². The highest BCUT2D eigenvalue weighted by atomic mass is 19.1. The van der Waals surface area contributed by atoms with Crippen LogP contribution >= 0.6 is 0 Å². The van der Waals surface area contributed by atoms with Crippen LogP contribution in [0.15, 0.2) is 18.2 Å². The van der Waals surface area contributed by atoms with Gasteiger partial charge in [0.15, 0.2) is 0 Å². The third kappa shape index (κ3) is 2.92. The van der Waals surface area contributed by atoms with Crippen LogP contribution in [-0.4, -0.2) is 24.2 Å². The van der Waals surface area contributed by atoms with Gasteiger partial charge in [0.1, 0.15) is 17.6 Å². The predicted molar refractivity (Wildman–Crippen MR) is 52.3 cm³/mol. The summed E-state index contributed by atoms with van der Waals surface area (Å²) in [5.74, 6) is -1.27. The second kappa shape index (κ2) is 4.75. The number of carboxylic acid groups (broad SMARTS) is 1. The van der Waals surface area contributed by atoms with Crippen molar-refractivity contribution in [2.24, 2.45) is 5.73 Å². The number of halogens is 1. The van der Waals surface area contributed by atoms with E-state index in [4.69, 9.17) is 15.6 Å². The second-order valence-corrected chi connectivity index (χ2v) is 3.11. The van der Waals surface area contributed by atoms with Crippen molar-refractivity contribution in [2.45, 2.75) is 12.5 Å². The third-order valence-corrected chi connectivity index (χ3v) is 2.02. The van der Waals surface area contributed by atoms with Crippen molar-refractivity contribution in [3.8, 4) is 5.75 Å². The molecule has 3 N–H and O–H groups in total. The molecular formula is C10H12FNO3. The first-order valence-electron chi connectivity index (χ1n) is 4.35. The lowest BCUT2D eigenvalue weighted by molar-refractivity contribution is -0.138. The normalized spacial score (nSPS) is 12.2. The van der Waals surface area contributed by atoms with E-state index in [9.17, 15) is 9.18 Å². The molecular weight excluding hydrogens is 201 g/mol. The largest absolute Gasteiger partial charge is 0.497 e. The molecule has 0 saturated carbocycles. The van der Waals surface area contributed by atoms with Gasteiger partial charge in [-0.3, -0.25) is 4.79 Å². The van der Waals surface area contributed by atoms with Crippen LogP contribution in [0.4, 0.5) is 4.39 Å². The highest BCUT2D eigenvalue weighted by molar-refractivity contribution is 5.73. The summed E-state index contributed by atoms with van der Waals surface area (Å²) in [6, 6.07) is 3.14. The first-order valence-corrected chi connectivity index (χ1v) is 4.35. The lowest BCUT2D eigenvalue weighted by Crippen LogP contribution is -2.32. The fourth-order valence-electron chi connectivity index (χ4n) is 1.14. The van der Waals surface area contributed by atoms with Gasteiger partial charge in [-0.1, -0.05) is 6.07 Å². The second-order valence-electron chi connectivity index (χ2n) is 3.11. The summed E-state index contributed by atoms with van der Waals surface area (Å²) in [6.45, 7) is 0. The average Bonchev–Trinajstić information content (AvgIpc) is 2.20. The Balaban J connectivity index is 2.82. The zero-order chi connectivity index (χ0) is 11.4. The molecule has 0 heterocycles. The van der Waals surface area contributed by atoms with Crippen LogP contribution in [0.3, 0.4) is 0 Å². The van der Waals surface area contributed by atoms with Crippen LogP contribution in [0.25, 0.3) is 0 Å². The minimum Gasteiger partial charge on any atom is -0.497 e. The Hall–Kier alpha value is -1.62. The Bertz CT molecular complexity index is 368. The molecule has 0 amide bonds. The van der Waals surface area contributed by atoms with E-state index in [2.05, 4.69) is 0 Å². The van der Waals surface area contributed by atoms with Crippen LogP contribution in [0.5, 0.6) is 5.75 Å². The Morgan fingerprint density at radius 2 is 2.33 bits per heavy atom. The van der Waals surface area contributed by atoms with Crippen molar-refractivity contribution in [2.75, 3.05) is 7.11 Å². The van der Waals surface area contributed by atoms with Crippen molar-refractivity contribution < 1.29 is 19.0 Å². The molecule has 0 aliphatic carbocycles. The van der Waals surface area contributed by atoms with Crippen molar-refractivity contribution in [3.63, 3.8) is 0 Å². The molecule has 0 spiro atoms. The number of ether oxygens (including phenoxy) is 1. The van der Waals surface area contributed by atoms with Gasteiger partial charge in [-0.05, 0) is 11.6 Å². The van der Waals surface area contributed by atoms with Crippen LogP contribution in [0.2, 0.25) is 0 Å². The fraction of sp³-hybridized carbons (Fsp3) is 0.300. The summed E-state index contributed by atoms with van der Waals surface area (Å²) in [5, 5.41) is 8.56. The predicted octanol–water partition coefficient (Wildman–Crippen LogP) is 0.789. The molecule has 5 heteroatoms. The van der Waals surface area contributed by atoms with Crippen molar-refractivity contribution >= 4 is 5.97 Å². The van der Waals surface area contributed by atoms with E-state index >= 15 is 0 Å². The van der Waals surface area contributed by atoms with E-state index in [-0.39, 0.29) is 12.0 Å². The number of hydrogen-bond donors (Lipinski definition) is 2. The van der Waals surface area contributed by atoms with Crippen LogP contribution in [-0.2, 0) is 11.2 Å². The maximum Gasteiger partial charge on any atom is 0.320 e. The van der Waals surface area contributed by atoms with E-state index in [0.29, 0.717) is 5.75 Å². The van der Waals surface area contributed by atoms with Crippen LogP contribution < -0.4 is 10.5 Å². The zero-order valence-corrected chi connectivity index (χ0v) is 8.24. The number of hydrogen-bond acceptors (Lipinski definition) is 3. The van der Waals surface area contributed by atoms with Gasteiger partial charge in [0.2, 0.25) is 0 Å². The summed E-state index contributed by atoms with van der Waals surface area (Å²) in [5.41, 5.74) is 5.56. The Morgan fingerprint density at radius 1 is 1.67 bits per heavy atom. The smallest absolute Gasteiger partial charge is 0.320 e. The quantitative estimate of drug-likeness (QED) is 0.775. The monoisotopic (exact) mass is 213 g/mol. The summed E-state index contributed by atoms with van der Waals surface area (Å²) >= 11 is 0. The first-order chi connectivity index (χ1) is 7.04. The van der Waals surface area contributed by atoms with E-state index in [0.717, 1.165) is 0 Å². The molecule has 1 rings (SSSR count). The lowest BCUT2D eigenvalue weighted by Gasteiger charge is -2.08. The molecule has 0 radical (unpaired) electrons. The summed E-state index contributed by atoms with van der Waals surface area (Å²) < 4.78 is 18.1. The molecule has 15 heavy (non-hydrogen) atoms. The molecule has 0 aliphatic rings. The Kier molecular flexibility index (Phi) is 3.62. The molecule has 1 aromatic carbocycles. The van der Waals surface area contributed by atoms with E-state index in [1.807, 2.05) is 0 Å². The number of carboxylic acids is 1. The minimum absolute atomic E-state index is 0.0365. The van der Waals surface area contributed by atoms with E-state index < -0.39 is 17.8 Å². The minimum atomic E-state index is -1.15. The molecule has 0 aliphatic heterocycles. The number of nitrogens with two attached hydrogens (primary N) is 1. The molecule has 1 unspecified atom stereocenters. The molecule has 82 valence electrons. The third-order valence-electron chi connectivity index (χ3n) is 2.02. The van der Waals surface area contributed by atoms with Gasteiger partial charge in [-0.25, -0.2) is 4.39 Å². The number of benzene rings is 1. The highest BCUT2D eigenvalue weighted by Gasteiger charge is 2.14. The number of aliphatic carboxylic acids is 1. The maximum absolute atomic E-state index is 13.3. The lowest BCUT2D eigenvalue weighted by atomic mass is 10.1. The topological polar surface area (TPSA) is 72.5 Å². The van der Waals surface area contributed by atoms with Gasteiger partial charge in [0.05, 0.1) is 7.11 Å². The van der Waals surface area contributed by atoms with Gasteiger partial charge in [0, 0.05) is 12.5 Å². The van der Waals surface area contributed by atoms with E-state index in [1.165, 1.54) is 19.2 Å². The summed E-state index contributed by atoms with van der Waals surface area (Å²) in [4.78, 5) is 10.5. The first kappa shape index (κ1) is 11.5. The van der Waals surface area contributed by atoms with E-state index in [1.54, 1.807) is 6.07 Å². The van der Waals surface area contributed by atoms with Crippen molar-refractivity contribution in [1.82, 2.24) is 0 Å². The molecule has 0 aromatic heterocycles. The van der Waals surface area contributed by atoms with Crippen LogP contribution in [0.1, 0.15) is 5.56 Å². The summed E-state index contributed by atoms with van der Waals surface area (Å²) in [7, 11) is 1.43. The Morgan fingerprint density at radius 3 is 2.80 bits per heavy atom. The Labute approximate surface area is 86.5 Å². The number of methoxy groups -OCH3 is 1. The SMILES string of the molecule is COc1ccc(CC(N)C(=O)O)c(F)c1. The highest BCUT2D eigenvalue weighted by Crippen LogP contribution is 2.17. The molecule has 1 aromatic rings. The van der Waals surface area contributed by atoms with Gasteiger partial charge >= 0.3 is 5.97 Å². The number of carbonyl (C=O) groups is 1. The van der Waals surface area contributed by atoms with Crippen molar-refractivity contribution in [3.05, 3.63) is 29.6 Å². The zero-order valence-electron chi connectivity index (χ0n) is 8.24. The fourth-order valence-corrected chi connectivity index (χ4v) is 1.14. The van der Waals surface area contributed by atoms with Gasteiger partial charge < -0.3 is 15.6 Å². The molecule has 0 saturated heterocycles. The molecule has 0 bridgehead atoms. The standard InChI is InChI=1S/C10H12FNO3/c1-15-7-3-2-6(8(11)5-7)4-9(12)10(13)14/h2-3,5,9H,4,12H2,1H3,(H,13,14). The molecule has 0 fully saturated rings. The average molecular weight is 213 g/mol. The summed E-state index contributed by atoms with van der Waals surface area (Å²) in [6.07, 6.45) is -0.0365. The molecule has 1 atom stereocenters. The van der Waals surface area contributed by atoms with Crippen LogP contribution in [0, 0.1) is 5.82 Å². The van der Waals surface area contributed by atoms with Gasteiger partial charge in [-0.15, -0.1) is 0 Å². The van der Waals surface area contributed by atoms with Gasteiger partial charge in [-0.2, -0.15) is 0 Å². The number of rotatable bonds is 4.